The maximum Gasteiger partial charge on any atom is 0.259 e. The van der Waals surface area contributed by atoms with E-state index in [9.17, 15) is 4.79 Å². The van der Waals surface area contributed by atoms with Gasteiger partial charge in [0, 0.05) is 11.4 Å². The number of benzene rings is 1. The summed E-state index contributed by atoms with van der Waals surface area (Å²) in [6.45, 7) is 4.21. The molecule has 0 aliphatic rings. The van der Waals surface area contributed by atoms with Gasteiger partial charge in [0.15, 0.2) is 0 Å². The fourth-order valence-electron chi connectivity index (χ4n) is 1.57. The van der Waals surface area contributed by atoms with Gasteiger partial charge in [-0.2, -0.15) is 0 Å². The third kappa shape index (κ3) is 3.91. The summed E-state index contributed by atoms with van der Waals surface area (Å²) in [6, 6.07) is 4.73. The molecule has 2 rings (SSSR count). The van der Waals surface area contributed by atoms with E-state index in [1.807, 2.05) is 0 Å². The van der Waals surface area contributed by atoms with Crippen molar-refractivity contribution >= 4 is 45.6 Å². The van der Waals surface area contributed by atoms with E-state index < -0.39 is 0 Å². The lowest BCUT2D eigenvalue weighted by Crippen LogP contribution is -2.12. The van der Waals surface area contributed by atoms with Gasteiger partial charge in [0.25, 0.3) is 5.91 Å². The number of carbonyl (C=O) groups is 1. The van der Waals surface area contributed by atoms with Crippen LogP contribution in [-0.2, 0) is 6.42 Å². The van der Waals surface area contributed by atoms with E-state index in [-0.39, 0.29) is 5.91 Å². The number of anilines is 1. The molecule has 1 N–H and O–H groups in total. The van der Waals surface area contributed by atoms with Gasteiger partial charge in [-0.15, -0.1) is 10.2 Å². The Bertz CT molecular complexity index is 628. The van der Waals surface area contributed by atoms with Crippen LogP contribution in [0.2, 0.25) is 10.0 Å². The van der Waals surface area contributed by atoms with Crippen LogP contribution in [0.5, 0.6) is 0 Å². The summed E-state index contributed by atoms with van der Waals surface area (Å²) in [5.74, 6) is 0.177. The van der Waals surface area contributed by atoms with Gasteiger partial charge in [-0.05, 0) is 24.1 Å². The minimum atomic E-state index is -0.320. The van der Waals surface area contributed by atoms with Gasteiger partial charge in [-0.25, -0.2) is 0 Å². The SMILES string of the molecule is CC(C)Cc1nnc(NC(=O)c2ccc(Cl)cc2Cl)s1. The first-order chi connectivity index (χ1) is 9.45. The van der Waals surface area contributed by atoms with Gasteiger partial charge < -0.3 is 0 Å². The molecule has 1 aromatic heterocycles. The normalized spacial score (nSPS) is 10.8. The quantitative estimate of drug-likeness (QED) is 0.909. The predicted molar refractivity (Wildman–Crippen MR) is 82.9 cm³/mol. The molecule has 1 aromatic carbocycles. The van der Waals surface area contributed by atoms with Crippen LogP contribution in [0, 0.1) is 5.92 Å². The topological polar surface area (TPSA) is 54.9 Å². The number of hydrogen-bond acceptors (Lipinski definition) is 4. The molecule has 0 unspecified atom stereocenters. The zero-order chi connectivity index (χ0) is 14.7. The molecule has 1 heterocycles. The lowest BCUT2D eigenvalue weighted by molar-refractivity contribution is 0.102. The van der Waals surface area contributed by atoms with Crippen molar-refractivity contribution in [2.75, 3.05) is 5.32 Å². The first kappa shape index (κ1) is 15.2. The number of rotatable bonds is 4. The molecule has 0 bridgehead atoms. The van der Waals surface area contributed by atoms with Gasteiger partial charge in [0.2, 0.25) is 5.13 Å². The first-order valence-corrected chi connectivity index (χ1v) is 7.61. The van der Waals surface area contributed by atoms with Crippen molar-refractivity contribution in [1.82, 2.24) is 10.2 Å². The van der Waals surface area contributed by atoms with E-state index in [1.165, 1.54) is 17.4 Å². The Balaban J connectivity index is 2.09. The van der Waals surface area contributed by atoms with Crippen LogP contribution in [0.4, 0.5) is 5.13 Å². The molecular weight excluding hydrogens is 317 g/mol. The number of nitrogens with one attached hydrogen (secondary N) is 1. The summed E-state index contributed by atoms with van der Waals surface area (Å²) >= 11 is 13.2. The number of amides is 1. The molecule has 0 spiro atoms. The number of aromatic nitrogens is 2. The van der Waals surface area contributed by atoms with Gasteiger partial charge in [-0.3, -0.25) is 10.1 Å². The van der Waals surface area contributed by atoms with E-state index in [1.54, 1.807) is 12.1 Å². The Morgan fingerprint density at radius 3 is 2.75 bits per heavy atom. The fourth-order valence-corrected chi connectivity index (χ4v) is 3.02. The Hall–Kier alpha value is -1.17. The third-order valence-electron chi connectivity index (χ3n) is 2.45. The maximum absolute atomic E-state index is 12.1. The molecule has 0 atom stereocenters. The molecule has 0 radical (unpaired) electrons. The molecular formula is C13H13Cl2N3OS. The Morgan fingerprint density at radius 2 is 2.10 bits per heavy atom. The van der Waals surface area contributed by atoms with Gasteiger partial charge >= 0.3 is 0 Å². The molecule has 4 nitrogen and oxygen atoms in total. The van der Waals surface area contributed by atoms with Crippen molar-refractivity contribution in [3.8, 4) is 0 Å². The number of hydrogen-bond donors (Lipinski definition) is 1. The lowest BCUT2D eigenvalue weighted by atomic mass is 10.1. The molecule has 106 valence electrons. The Morgan fingerprint density at radius 1 is 1.35 bits per heavy atom. The summed E-state index contributed by atoms with van der Waals surface area (Å²) in [4.78, 5) is 12.1. The summed E-state index contributed by atoms with van der Waals surface area (Å²) in [6.07, 6.45) is 0.842. The monoisotopic (exact) mass is 329 g/mol. The van der Waals surface area contributed by atoms with Crippen molar-refractivity contribution in [1.29, 1.82) is 0 Å². The van der Waals surface area contributed by atoms with E-state index in [0.29, 0.717) is 26.7 Å². The van der Waals surface area contributed by atoms with Crippen molar-refractivity contribution in [2.45, 2.75) is 20.3 Å². The largest absolute Gasteiger partial charge is 0.296 e. The van der Waals surface area contributed by atoms with E-state index in [0.717, 1.165) is 11.4 Å². The van der Waals surface area contributed by atoms with Crippen LogP contribution < -0.4 is 5.32 Å². The molecule has 0 saturated heterocycles. The van der Waals surface area contributed by atoms with Crippen LogP contribution >= 0.6 is 34.5 Å². The van der Waals surface area contributed by atoms with Crippen LogP contribution in [0.1, 0.15) is 29.2 Å². The summed E-state index contributed by atoms with van der Waals surface area (Å²) < 4.78 is 0. The van der Waals surface area contributed by atoms with Crippen LogP contribution in [0.15, 0.2) is 18.2 Å². The molecule has 20 heavy (non-hydrogen) atoms. The molecule has 1 amide bonds. The standard InChI is InChI=1S/C13H13Cl2N3OS/c1-7(2)5-11-17-18-13(20-11)16-12(19)9-4-3-8(14)6-10(9)15/h3-4,6-7H,5H2,1-2H3,(H,16,18,19). The zero-order valence-electron chi connectivity index (χ0n) is 11.0. The summed E-state index contributed by atoms with van der Waals surface area (Å²) in [7, 11) is 0. The zero-order valence-corrected chi connectivity index (χ0v) is 13.3. The second kappa shape index (κ2) is 6.52. The average Bonchev–Trinajstić information content (AvgIpc) is 2.75. The van der Waals surface area contributed by atoms with Crippen molar-refractivity contribution in [3.63, 3.8) is 0 Å². The summed E-state index contributed by atoms with van der Waals surface area (Å²) in [5, 5.41) is 12.8. The minimum Gasteiger partial charge on any atom is -0.296 e. The Kier molecular flexibility index (Phi) is 4.96. The highest BCUT2D eigenvalue weighted by Crippen LogP contribution is 2.23. The Labute approximate surface area is 131 Å². The fraction of sp³-hybridized carbons (Fsp3) is 0.308. The number of halogens is 2. The van der Waals surface area contributed by atoms with Crippen molar-refractivity contribution in [3.05, 3.63) is 38.8 Å². The first-order valence-electron chi connectivity index (χ1n) is 6.04. The molecule has 0 saturated carbocycles. The molecule has 0 aliphatic heterocycles. The number of nitrogens with zero attached hydrogens (tertiary/aromatic N) is 2. The highest BCUT2D eigenvalue weighted by atomic mass is 35.5. The van der Waals surface area contributed by atoms with E-state index in [4.69, 9.17) is 23.2 Å². The second-order valence-corrected chi connectivity index (χ2v) is 6.58. The predicted octanol–water partition coefficient (Wildman–Crippen LogP) is 4.30. The van der Waals surface area contributed by atoms with Crippen molar-refractivity contribution in [2.24, 2.45) is 5.92 Å². The highest BCUT2D eigenvalue weighted by molar-refractivity contribution is 7.15. The van der Waals surface area contributed by atoms with Crippen molar-refractivity contribution < 1.29 is 4.79 Å². The van der Waals surface area contributed by atoms with Gasteiger partial charge in [0.05, 0.1) is 10.6 Å². The van der Waals surface area contributed by atoms with Gasteiger partial charge in [-0.1, -0.05) is 48.4 Å². The molecule has 0 aliphatic carbocycles. The van der Waals surface area contributed by atoms with E-state index >= 15 is 0 Å². The van der Waals surface area contributed by atoms with Crippen LogP contribution in [0.25, 0.3) is 0 Å². The average molecular weight is 330 g/mol. The lowest BCUT2D eigenvalue weighted by Gasteiger charge is -2.03. The van der Waals surface area contributed by atoms with Crippen LogP contribution in [0.3, 0.4) is 0 Å². The molecule has 2 aromatic rings. The van der Waals surface area contributed by atoms with Crippen LogP contribution in [-0.4, -0.2) is 16.1 Å². The minimum absolute atomic E-state index is 0.307. The summed E-state index contributed by atoms with van der Waals surface area (Å²) in [5.41, 5.74) is 0.358. The highest BCUT2D eigenvalue weighted by Gasteiger charge is 2.14. The number of carbonyl (C=O) groups excluding carboxylic acids is 1. The maximum atomic E-state index is 12.1. The molecule has 7 heteroatoms. The second-order valence-electron chi connectivity index (χ2n) is 4.68. The molecule has 0 fully saturated rings. The van der Waals surface area contributed by atoms with Gasteiger partial charge in [0.1, 0.15) is 5.01 Å². The smallest absolute Gasteiger partial charge is 0.259 e. The van der Waals surface area contributed by atoms with E-state index in [2.05, 4.69) is 29.4 Å². The third-order valence-corrected chi connectivity index (χ3v) is 3.85.